The van der Waals surface area contributed by atoms with E-state index in [-0.39, 0.29) is 17.3 Å². The standard InChI is InChI=1S/C15H29NO3/c1-3-14(4-2,12-16)19-13-5-8-18-15(11-13)6-9-17-10-7-15/h13H,3-12,16H2,1-2H3. The number of nitrogens with two attached hydrogens (primary N) is 1. The summed E-state index contributed by atoms with van der Waals surface area (Å²) in [5.41, 5.74) is 5.80. The van der Waals surface area contributed by atoms with Crippen molar-refractivity contribution in [3.8, 4) is 0 Å². The summed E-state index contributed by atoms with van der Waals surface area (Å²) in [6, 6.07) is 0. The van der Waals surface area contributed by atoms with Crippen LogP contribution in [-0.4, -0.2) is 43.7 Å². The van der Waals surface area contributed by atoms with Crippen LogP contribution in [-0.2, 0) is 14.2 Å². The summed E-state index contributed by atoms with van der Waals surface area (Å²) in [5.74, 6) is 0. The van der Waals surface area contributed by atoms with Crippen molar-refractivity contribution in [3.63, 3.8) is 0 Å². The molecule has 2 heterocycles. The van der Waals surface area contributed by atoms with E-state index in [2.05, 4.69) is 13.8 Å². The van der Waals surface area contributed by atoms with Crippen molar-refractivity contribution in [1.29, 1.82) is 0 Å². The molecule has 0 aromatic heterocycles. The first-order chi connectivity index (χ1) is 9.17. The summed E-state index contributed by atoms with van der Waals surface area (Å²) in [6.45, 7) is 7.37. The Bertz CT molecular complexity index is 259. The Morgan fingerprint density at radius 1 is 1.21 bits per heavy atom. The average Bonchev–Trinajstić information content (AvgIpc) is 2.46. The monoisotopic (exact) mass is 271 g/mol. The van der Waals surface area contributed by atoms with E-state index in [1.54, 1.807) is 0 Å². The Labute approximate surface area is 117 Å². The Hall–Kier alpha value is -0.160. The molecule has 0 saturated carbocycles. The van der Waals surface area contributed by atoms with Crippen molar-refractivity contribution >= 4 is 0 Å². The van der Waals surface area contributed by atoms with Gasteiger partial charge in [-0.05, 0) is 32.1 Å². The first-order valence-electron chi connectivity index (χ1n) is 7.77. The van der Waals surface area contributed by atoms with E-state index in [0.717, 1.165) is 58.3 Å². The molecule has 0 aromatic rings. The lowest BCUT2D eigenvalue weighted by molar-refractivity contribution is -0.196. The zero-order chi connectivity index (χ0) is 13.8. The van der Waals surface area contributed by atoms with Gasteiger partial charge in [0.05, 0.1) is 17.3 Å². The third kappa shape index (κ3) is 3.48. The topological polar surface area (TPSA) is 53.7 Å². The highest BCUT2D eigenvalue weighted by molar-refractivity contribution is 4.91. The highest BCUT2D eigenvalue weighted by Gasteiger charge is 2.41. The molecule has 1 atom stereocenters. The van der Waals surface area contributed by atoms with Gasteiger partial charge in [0.2, 0.25) is 0 Å². The first-order valence-corrected chi connectivity index (χ1v) is 7.77. The van der Waals surface area contributed by atoms with Crippen LogP contribution in [0.25, 0.3) is 0 Å². The van der Waals surface area contributed by atoms with Crippen LogP contribution < -0.4 is 5.73 Å². The molecule has 2 fully saturated rings. The zero-order valence-corrected chi connectivity index (χ0v) is 12.5. The second-order valence-corrected chi connectivity index (χ2v) is 5.97. The molecular weight excluding hydrogens is 242 g/mol. The highest BCUT2D eigenvalue weighted by Crippen LogP contribution is 2.37. The SMILES string of the molecule is CCC(CC)(CN)OC1CCOC2(CCOCC2)C1. The molecule has 4 heteroatoms. The summed E-state index contributed by atoms with van der Waals surface area (Å²) in [7, 11) is 0. The van der Waals surface area contributed by atoms with Gasteiger partial charge in [0.25, 0.3) is 0 Å². The predicted octanol–water partition coefficient (Wildman–Crippen LogP) is 2.25. The van der Waals surface area contributed by atoms with E-state index < -0.39 is 0 Å². The van der Waals surface area contributed by atoms with E-state index >= 15 is 0 Å². The molecule has 19 heavy (non-hydrogen) atoms. The van der Waals surface area contributed by atoms with Gasteiger partial charge in [-0.15, -0.1) is 0 Å². The van der Waals surface area contributed by atoms with E-state index in [9.17, 15) is 0 Å². The van der Waals surface area contributed by atoms with Crippen molar-refractivity contribution in [2.45, 2.75) is 69.7 Å². The third-order valence-corrected chi connectivity index (χ3v) is 4.93. The van der Waals surface area contributed by atoms with Crippen LogP contribution in [0.4, 0.5) is 0 Å². The van der Waals surface area contributed by atoms with Crippen molar-refractivity contribution < 1.29 is 14.2 Å². The Kier molecular flexibility index (Phi) is 5.23. The van der Waals surface area contributed by atoms with E-state index in [1.165, 1.54) is 0 Å². The lowest BCUT2D eigenvalue weighted by Gasteiger charge is -2.45. The minimum Gasteiger partial charge on any atom is -0.381 e. The molecule has 2 rings (SSSR count). The van der Waals surface area contributed by atoms with E-state index in [0.29, 0.717) is 6.54 Å². The smallest absolute Gasteiger partial charge is 0.0802 e. The number of rotatable bonds is 5. The number of hydrogen-bond acceptors (Lipinski definition) is 4. The zero-order valence-electron chi connectivity index (χ0n) is 12.5. The maximum absolute atomic E-state index is 6.41. The van der Waals surface area contributed by atoms with E-state index in [4.69, 9.17) is 19.9 Å². The minimum absolute atomic E-state index is 0.00296. The summed E-state index contributed by atoms with van der Waals surface area (Å²) >= 11 is 0. The Morgan fingerprint density at radius 2 is 1.89 bits per heavy atom. The largest absolute Gasteiger partial charge is 0.381 e. The summed E-state index contributed by atoms with van der Waals surface area (Å²) < 4.78 is 17.9. The van der Waals surface area contributed by atoms with Gasteiger partial charge in [0.15, 0.2) is 0 Å². The van der Waals surface area contributed by atoms with Crippen LogP contribution in [0.3, 0.4) is 0 Å². The second kappa shape index (κ2) is 6.53. The summed E-state index contributed by atoms with van der Waals surface area (Å²) in [5, 5.41) is 0. The molecule has 0 amide bonds. The quantitative estimate of drug-likeness (QED) is 0.833. The summed E-state index contributed by atoms with van der Waals surface area (Å²) in [6.07, 6.45) is 6.24. The second-order valence-electron chi connectivity index (χ2n) is 5.97. The third-order valence-electron chi connectivity index (χ3n) is 4.93. The molecule has 4 nitrogen and oxygen atoms in total. The number of hydrogen-bond donors (Lipinski definition) is 1. The normalized spacial score (nSPS) is 27.6. The molecule has 0 aliphatic carbocycles. The Balaban J connectivity index is 1.97. The van der Waals surface area contributed by atoms with Crippen molar-refractivity contribution in [3.05, 3.63) is 0 Å². The fraction of sp³-hybridized carbons (Fsp3) is 1.00. The van der Waals surface area contributed by atoms with Crippen LogP contribution in [0.2, 0.25) is 0 Å². The molecule has 0 bridgehead atoms. The molecule has 1 spiro atoms. The maximum atomic E-state index is 6.41. The number of ether oxygens (including phenoxy) is 3. The summed E-state index contributed by atoms with van der Waals surface area (Å²) in [4.78, 5) is 0. The van der Waals surface area contributed by atoms with Crippen molar-refractivity contribution in [1.82, 2.24) is 0 Å². The van der Waals surface area contributed by atoms with Gasteiger partial charge >= 0.3 is 0 Å². The fourth-order valence-electron chi connectivity index (χ4n) is 3.28. The minimum atomic E-state index is -0.144. The molecule has 2 aliphatic heterocycles. The van der Waals surface area contributed by atoms with Crippen molar-refractivity contribution in [2.75, 3.05) is 26.4 Å². The lowest BCUT2D eigenvalue weighted by atomic mass is 9.84. The van der Waals surface area contributed by atoms with E-state index in [1.807, 2.05) is 0 Å². The molecule has 0 radical (unpaired) electrons. The van der Waals surface area contributed by atoms with Crippen LogP contribution >= 0.6 is 0 Å². The van der Waals surface area contributed by atoms with Gasteiger partial charge < -0.3 is 19.9 Å². The highest BCUT2D eigenvalue weighted by atomic mass is 16.5. The molecule has 2 saturated heterocycles. The van der Waals surface area contributed by atoms with Gasteiger partial charge in [0.1, 0.15) is 0 Å². The van der Waals surface area contributed by atoms with Crippen molar-refractivity contribution in [2.24, 2.45) is 5.73 Å². The van der Waals surface area contributed by atoms with Gasteiger partial charge in [-0.2, -0.15) is 0 Å². The maximum Gasteiger partial charge on any atom is 0.0802 e. The molecule has 2 N–H and O–H groups in total. The van der Waals surface area contributed by atoms with Crippen LogP contribution in [0.1, 0.15) is 52.4 Å². The van der Waals surface area contributed by atoms with Gasteiger partial charge in [-0.25, -0.2) is 0 Å². The molecule has 0 aromatic carbocycles. The molecular formula is C15H29NO3. The first kappa shape index (κ1) is 15.2. The average molecular weight is 271 g/mol. The predicted molar refractivity (Wildman–Crippen MR) is 75.2 cm³/mol. The molecule has 1 unspecified atom stereocenters. The van der Waals surface area contributed by atoms with Crippen LogP contribution in [0.5, 0.6) is 0 Å². The molecule has 112 valence electrons. The molecule has 2 aliphatic rings. The van der Waals surface area contributed by atoms with Gasteiger partial charge in [0, 0.05) is 32.8 Å². The lowest BCUT2D eigenvalue weighted by Crippen LogP contribution is -2.50. The van der Waals surface area contributed by atoms with Crippen LogP contribution in [0.15, 0.2) is 0 Å². The van der Waals surface area contributed by atoms with Crippen LogP contribution in [0, 0.1) is 0 Å². The van der Waals surface area contributed by atoms with Gasteiger partial charge in [-0.1, -0.05) is 13.8 Å². The Morgan fingerprint density at radius 3 is 2.47 bits per heavy atom. The fourth-order valence-corrected chi connectivity index (χ4v) is 3.28. The van der Waals surface area contributed by atoms with Gasteiger partial charge in [-0.3, -0.25) is 0 Å².